The lowest BCUT2D eigenvalue weighted by Crippen LogP contribution is -2.39. The van der Waals surface area contributed by atoms with Gasteiger partial charge in [-0.2, -0.15) is 0 Å². The maximum Gasteiger partial charge on any atom is 0.251 e. The third-order valence-electron chi connectivity index (χ3n) is 4.46. The smallest absolute Gasteiger partial charge is 0.251 e. The number of hydrogen-bond acceptors (Lipinski definition) is 3. The minimum Gasteiger partial charge on any atom is -0.352 e. The lowest BCUT2D eigenvalue weighted by molar-refractivity contribution is -0.133. The molecule has 0 saturated heterocycles. The van der Waals surface area contributed by atoms with Crippen molar-refractivity contribution >= 4 is 23.2 Å². The van der Waals surface area contributed by atoms with Crippen LogP contribution in [0.15, 0.2) is 35.7 Å². The maximum absolute atomic E-state index is 12.9. The van der Waals surface area contributed by atoms with Crippen molar-refractivity contribution in [3.05, 3.63) is 57.5 Å². The van der Waals surface area contributed by atoms with Gasteiger partial charge in [-0.15, -0.1) is 11.3 Å². The van der Waals surface area contributed by atoms with Crippen LogP contribution < -0.4 is 5.32 Å². The molecule has 0 aliphatic rings. The molecule has 140 valence electrons. The molecule has 1 aromatic heterocycles. The lowest BCUT2D eigenvalue weighted by Gasteiger charge is -2.28. The molecule has 0 aliphatic heterocycles. The number of amides is 2. The third kappa shape index (κ3) is 5.39. The summed E-state index contributed by atoms with van der Waals surface area (Å²) in [6.45, 7) is 7.00. The van der Waals surface area contributed by atoms with Gasteiger partial charge in [0.1, 0.15) is 5.82 Å². The molecule has 2 rings (SSSR count). The highest BCUT2D eigenvalue weighted by Crippen LogP contribution is 2.20. The minimum atomic E-state index is -0.384. The zero-order valence-electron chi connectivity index (χ0n) is 15.4. The lowest BCUT2D eigenvalue weighted by atomic mass is 10.1. The Labute approximate surface area is 158 Å². The van der Waals surface area contributed by atoms with E-state index in [0.717, 1.165) is 6.42 Å². The molecule has 6 heteroatoms. The summed E-state index contributed by atoms with van der Waals surface area (Å²) in [5.41, 5.74) is 1.58. The second-order valence-corrected chi connectivity index (χ2v) is 7.32. The first kappa shape index (κ1) is 20.1. The summed E-state index contributed by atoms with van der Waals surface area (Å²) in [5, 5.41) is 4.76. The fourth-order valence-electron chi connectivity index (χ4n) is 2.56. The number of aryl methyl sites for hydroxylation is 1. The van der Waals surface area contributed by atoms with Crippen molar-refractivity contribution < 1.29 is 14.0 Å². The Morgan fingerprint density at radius 2 is 1.92 bits per heavy atom. The molecule has 0 radical (unpaired) electrons. The summed E-state index contributed by atoms with van der Waals surface area (Å²) < 4.78 is 12.9. The van der Waals surface area contributed by atoms with Crippen molar-refractivity contribution in [3.63, 3.8) is 0 Å². The van der Waals surface area contributed by atoms with Crippen molar-refractivity contribution in [3.8, 4) is 0 Å². The normalized spacial score (nSPS) is 11.8. The van der Waals surface area contributed by atoms with Crippen molar-refractivity contribution in [2.45, 2.75) is 46.2 Å². The zero-order valence-corrected chi connectivity index (χ0v) is 16.2. The molecule has 1 atom stereocenters. The molecule has 0 aliphatic carbocycles. The monoisotopic (exact) mass is 376 g/mol. The van der Waals surface area contributed by atoms with Gasteiger partial charge in [-0.3, -0.25) is 9.59 Å². The largest absolute Gasteiger partial charge is 0.352 e. The predicted octanol–water partition coefficient (Wildman–Crippen LogP) is 4.14. The standard InChI is InChI=1S/C20H25FN2O2S/c1-4-15(3)23(13-18-14(2)10-12-26-18)19(24)9-11-22-20(25)16-5-7-17(21)8-6-16/h5-8,10,12,15H,4,9,11,13H2,1-3H3,(H,22,25)/t15-/m0/s1. The first-order chi connectivity index (χ1) is 12.4. The van der Waals surface area contributed by atoms with Crippen LogP contribution in [0.2, 0.25) is 0 Å². The molecule has 4 nitrogen and oxygen atoms in total. The van der Waals surface area contributed by atoms with Crippen molar-refractivity contribution in [2.24, 2.45) is 0 Å². The summed E-state index contributed by atoms with van der Waals surface area (Å²) in [4.78, 5) is 27.8. The zero-order chi connectivity index (χ0) is 19.1. The van der Waals surface area contributed by atoms with Crippen molar-refractivity contribution in [1.82, 2.24) is 10.2 Å². The Kier molecular flexibility index (Phi) is 7.33. The molecule has 2 amide bonds. The van der Waals surface area contributed by atoms with E-state index in [1.807, 2.05) is 24.1 Å². The Balaban J connectivity index is 1.91. The molecule has 2 aromatic rings. The number of benzene rings is 1. The van der Waals surface area contributed by atoms with Gasteiger partial charge in [0.2, 0.25) is 5.91 Å². The van der Waals surface area contributed by atoms with Gasteiger partial charge < -0.3 is 10.2 Å². The Morgan fingerprint density at radius 3 is 2.50 bits per heavy atom. The average Bonchev–Trinajstić information content (AvgIpc) is 3.04. The Bertz CT molecular complexity index is 743. The second kappa shape index (κ2) is 9.48. The molecular weight excluding hydrogens is 351 g/mol. The first-order valence-electron chi connectivity index (χ1n) is 8.78. The first-order valence-corrected chi connectivity index (χ1v) is 9.66. The van der Waals surface area contributed by atoms with Crippen molar-refractivity contribution in [1.29, 1.82) is 0 Å². The average molecular weight is 376 g/mol. The highest BCUT2D eigenvalue weighted by Gasteiger charge is 2.20. The summed E-state index contributed by atoms with van der Waals surface area (Å²) in [7, 11) is 0. The van der Waals surface area contributed by atoms with Crippen LogP contribution in [0.3, 0.4) is 0 Å². The van der Waals surface area contributed by atoms with Gasteiger partial charge in [-0.25, -0.2) is 4.39 Å². The van der Waals surface area contributed by atoms with Gasteiger partial charge in [0.05, 0.1) is 6.54 Å². The van der Waals surface area contributed by atoms with Gasteiger partial charge in [0.15, 0.2) is 0 Å². The molecule has 0 fully saturated rings. The number of rotatable bonds is 8. The van der Waals surface area contributed by atoms with E-state index in [2.05, 4.69) is 18.3 Å². The molecular formula is C20H25FN2O2S. The fourth-order valence-corrected chi connectivity index (χ4v) is 3.46. The SMILES string of the molecule is CC[C@H](C)N(Cc1sccc1C)C(=O)CCNC(=O)c1ccc(F)cc1. The number of carbonyl (C=O) groups is 2. The summed E-state index contributed by atoms with van der Waals surface area (Å²) >= 11 is 1.66. The minimum absolute atomic E-state index is 0.0200. The van der Waals surface area contributed by atoms with Crippen LogP contribution >= 0.6 is 11.3 Å². The van der Waals surface area contributed by atoms with E-state index in [-0.39, 0.29) is 36.6 Å². The molecule has 0 bridgehead atoms. The number of hydrogen-bond donors (Lipinski definition) is 1. The summed E-state index contributed by atoms with van der Waals surface area (Å²) in [6.07, 6.45) is 1.11. The molecule has 0 spiro atoms. The van der Waals surface area contributed by atoms with E-state index in [4.69, 9.17) is 0 Å². The second-order valence-electron chi connectivity index (χ2n) is 6.32. The van der Waals surface area contributed by atoms with Gasteiger partial charge in [0.25, 0.3) is 5.91 Å². The van der Waals surface area contributed by atoms with E-state index >= 15 is 0 Å². The van der Waals surface area contributed by atoms with Gasteiger partial charge in [-0.05, 0) is 61.5 Å². The fraction of sp³-hybridized carbons (Fsp3) is 0.400. The van der Waals surface area contributed by atoms with E-state index in [1.54, 1.807) is 11.3 Å². The molecule has 26 heavy (non-hydrogen) atoms. The summed E-state index contributed by atoms with van der Waals surface area (Å²) in [6, 6.07) is 7.54. The summed E-state index contributed by atoms with van der Waals surface area (Å²) in [5.74, 6) is -0.668. The Hall–Kier alpha value is -2.21. The quantitative estimate of drug-likeness (QED) is 0.753. The highest BCUT2D eigenvalue weighted by molar-refractivity contribution is 7.10. The van der Waals surface area contributed by atoms with Crippen molar-refractivity contribution in [2.75, 3.05) is 6.54 Å². The predicted molar refractivity (Wildman–Crippen MR) is 103 cm³/mol. The van der Waals surface area contributed by atoms with E-state index in [1.165, 1.54) is 34.7 Å². The molecule has 0 unspecified atom stereocenters. The number of nitrogens with zero attached hydrogens (tertiary/aromatic N) is 1. The topological polar surface area (TPSA) is 49.4 Å². The van der Waals surface area contributed by atoms with Crippen LogP contribution in [0.25, 0.3) is 0 Å². The molecule has 1 aromatic carbocycles. The van der Waals surface area contributed by atoms with Crippen LogP contribution in [0, 0.1) is 12.7 Å². The van der Waals surface area contributed by atoms with E-state index in [9.17, 15) is 14.0 Å². The molecule has 1 N–H and O–H groups in total. The molecule has 1 heterocycles. The molecule has 0 saturated carbocycles. The van der Waals surface area contributed by atoms with E-state index < -0.39 is 0 Å². The van der Waals surface area contributed by atoms with Crippen LogP contribution in [0.4, 0.5) is 4.39 Å². The third-order valence-corrected chi connectivity index (χ3v) is 5.46. The van der Waals surface area contributed by atoms with Gasteiger partial charge in [-0.1, -0.05) is 6.92 Å². The van der Waals surface area contributed by atoms with Crippen LogP contribution in [0.5, 0.6) is 0 Å². The maximum atomic E-state index is 12.9. The number of carbonyl (C=O) groups excluding carboxylic acids is 2. The van der Waals surface area contributed by atoms with Gasteiger partial charge >= 0.3 is 0 Å². The van der Waals surface area contributed by atoms with E-state index in [0.29, 0.717) is 12.1 Å². The number of nitrogens with one attached hydrogen (secondary N) is 1. The van der Waals surface area contributed by atoms with Crippen LogP contribution in [-0.4, -0.2) is 29.3 Å². The van der Waals surface area contributed by atoms with Gasteiger partial charge in [0, 0.05) is 29.4 Å². The highest BCUT2D eigenvalue weighted by atomic mass is 32.1. The Morgan fingerprint density at radius 1 is 1.23 bits per heavy atom. The number of halogens is 1. The van der Waals surface area contributed by atoms with Crippen LogP contribution in [-0.2, 0) is 11.3 Å². The number of thiophene rings is 1. The van der Waals surface area contributed by atoms with Crippen LogP contribution in [0.1, 0.15) is 47.5 Å².